The number of halogens is 2. The molecule has 1 heterocycles. The van der Waals surface area contributed by atoms with Crippen LogP contribution in [0.15, 0.2) is 14.3 Å². The molecule has 1 aromatic heterocycles. The fourth-order valence-corrected chi connectivity index (χ4v) is 4.75. The number of nitrogens with two attached hydrogens (primary N) is 1. The highest BCUT2D eigenvalue weighted by Gasteiger charge is 2.28. The first-order valence-corrected chi connectivity index (χ1v) is 9.35. The SMILES string of the molecule is NC(=S)C(NC(=O)c1cc(Br)c(Br)s1)C1CCCCC1. The topological polar surface area (TPSA) is 55.1 Å². The van der Waals surface area contributed by atoms with Crippen LogP contribution in [0.25, 0.3) is 0 Å². The van der Waals surface area contributed by atoms with E-state index in [1.54, 1.807) is 0 Å². The summed E-state index contributed by atoms with van der Waals surface area (Å²) in [5.41, 5.74) is 5.83. The molecule has 2 rings (SSSR count). The fraction of sp³-hybridized carbons (Fsp3) is 0.538. The predicted molar refractivity (Wildman–Crippen MR) is 94.3 cm³/mol. The van der Waals surface area contributed by atoms with Crippen molar-refractivity contribution in [2.24, 2.45) is 11.7 Å². The van der Waals surface area contributed by atoms with Crippen LogP contribution in [-0.2, 0) is 0 Å². The van der Waals surface area contributed by atoms with Crippen molar-refractivity contribution in [3.63, 3.8) is 0 Å². The Morgan fingerprint density at radius 2 is 2.05 bits per heavy atom. The molecule has 0 spiro atoms. The van der Waals surface area contributed by atoms with Gasteiger partial charge in [0, 0.05) is 4.47 Å². The smallest absolute Gasteiger partial charge is 0.262 e. The van der Waals surface area contributed by atoms with Gasteiger partial charge in [-0.05, 0) is 56.7 Å². The average molecular weight is 440 g/mol. The molecule has 1 atom stereocenters. The van der Waals surface area contributed by atoms with Crippen molar-refractivity contribution in [1.82, 2.24) is 5.32 Å². The standard InChI is InChI=1S/C13H16Br2N2OS2/c14-8-6-9(20-11(8)15)13(18)17-10(12(16)19)7-4-2-1-3-5-7/h6-7,10H,1-5H2,(H2,16,19)(H,17,18). The number of nitrogens with one attached hydrogen (secondary N) is 1. The highest BCUT2D eigenvalue weighted by Crippen LogP contribution is 2.33. The molecule has 3 nitrogen and oxygen atoms in total. The molecular weight excluding hydrogens is 424 g/mol. The zero-order valence-electron chi connectivity index (χ0n) is 10.8. The Bertz CT molecular complexity index is 493. The molecule has 0 saturated heterocycles. The Morgan fingerprint density at radius 3 is 2.55 bits per heavy atom. The summed E-state index contributed by atoms with van der Waals surface area (Å²) in [5.74, 6) is 0.266. The lowest BCUT2D eigenvalue weighted by Gasteiger charge is -2.30. The summed E-state index contributed by atoms with van der Waals surface area (Å²) in [4.78, 5) is 13.4. The first kappa shape index (κ1) is 16.4. The minimum absolute atomic E-state index is 0.107. The number of carbonyl (C=O) groups is 1. The largest absolute Gasteiger partial charge is 0.392 e. The van der Waals surface area contributed by atoms with E-state index in [9.17, 15) is 4.79 Å². The molecule has 7 heteroatoms. The van der Waals surface area contributed by atoms with Crippen LogP contribution in [0, 0.1) is 5.92 Å². The molecule has 1 aromatic rings. The Balaban J connectivity index is 2.07. The summed E-state index contributed by atoms with van der Waals surface area (Å²) in [6.07, 6.45) is 5.81. The van der Waals surface area contributed by atoms with Gasteiger partial charge in [-0.2, -0.15) is 0 Å². The summed E-state index contributed by atoms with van der Waals surface area (Å²) < 4.78 is 1.80. The molecule has 20 heavy (non-hydrogen) atoms. The van der Waals surface area contributed by atoms with Gasteiger partial charge in [0.25, 0.3) is 5.91 Å². The van der Waals surface area contributed by atoms with Crippen molar-refractivity contribution < 1.29 is 4.79 Å². The van der Waals surface area contributed by atoms with Crippen molar-refractivity contribution in [1.29, 1.82) is 0 Å². The molecule has 1 unspecified atom stereocenters. The van der Waals surface area contributed by atoms with Gasteiger partial charge in [0.15, 0.2) is 0 Å². The molecule has 0 radical (unpaired) electrons. The normalized spacial score (nSPS) is 17.7. The Labute approximate surface area is 144 Å². The molecule has 1 aliphatic rings. The van der Waals surface area contributed by atoms with Crippen LogP contribution in [0.2, 0.25) is 0 Å². The van der Waals surface area contributed by atoms with E-state index in [4.69, 9.17) is 18.0 Å². The van der Waals surface area contributed by atoms with Crippen molar-refractivity contribution in [2.45, 2.75) is 38.1 Å². The first-order valence-electron chi connectivity index (χ1n) is 6.54. The lowest BCUT2D eigenvalue weighted by molar-refractivity contribution is 0.0936. The number of thiophene rings is 1. The maximum absolute atomic E-state index is 12.3. The summed E-state index contributed by atoms with van der Waals surface area (Å²) in [6.45, 7) is 0. The van der Waals surface area contributed by atoms with Gasteiger partial charge < -0.3 is 11.1 Å². The molecule has 0 aliphatic heterocycles. The lowest BCUT2D eigenvalue weighted by Crippen LogP contribution is -2.48. The molecule has 110 valence electrons. The highest BCUT2D eigenvalue weighted by molar-refractivity contribution is 9.13. The predicted octanol–water partition coefficient (Wildman–Crippen LogP) is 4.24. The average Bonchev–Trinajstić information content (AvgIpc) is 2.76. The Kier molecular flexibility index (Phi) is 6.01. The molecule has 3 N–H and O–H groups in total. The molecule has 1 amide bonds. The number of carbonyl (C=O) groups excluding carboxylic acids is 1. The third-order valence-corrected chi connectivity index (χ3v) is 7.09. The van der Waals surface area contributed by atoms with E-state index in [2.05, 4.69) is 37.2 Å². The van der Waals surface area contributed by atoms with E-state index in [0.29, 0.717) is 15.8 Å². The van der Waals surface area contributed by atoms with Gasteiger partial charge in [-0.3, -0.25) is 4.79 Å². The van der Waals surface area contributed by atoms with Crippen LogP contribution in [0.5, 0.6) is 0 Å². The quantitative estimate of drug-likeness (QED) is 0.689. The van der Waals surface area contributed by atoms with Crippen molar-refractivity contribution in [3.05, 3.63) is 19.2 Å². The lowest BCUT2D eigenvalue weighted by atomic mass is 9.84. The molecule has 0 bridgehead atoms. The number of hydrogen-bond acceptors (Lipinski definition) is 3. The van der Waals surface area contributed by atoms with Crippen LogP contribution in [0.3, 0.4) is 0 Å². The van der Waals surface area contributed by atoms with Crippen molar-refractivity contribution in [2.75, 3.05) is 0 Å². The van der Waals surface area contributed by atoms with Crippen molar-refractivity contribution in [3.8, 4) is 0 Å². The number of rotatable bonds is 4. The number of amides is 1. The number of hydrogen-bond donors (Lipinski definition) is 2. The zero-order chi connectivity index (χ0) is 14.7. The minimum atomic E-state index is -0.197. The zero-order valence-corrected chi connectivity index (χ0v) is 15.6. The molecular formula is C13H16Br2N2OS2. The highest BCUT2D eigenvalue weighted by atomic mass is 79.9. The van der Waals surface area contributed by atoms with Crippen LogP contribution >= 0.6 is 55.4 Å². The van der Waals surface area contributed by atoms with Crippen LogP contribution in [-0.4, -0.2) is 16.9 Å². The maximum Gasteiger partial charge on any atom is 0.262 e. The minimum Gasteiger partial charge on any atom is -0.392 e. The summed E-state index contributed by atoms with van der Waals surface area (Å²) in [7, 11) is 0. The van der Waals surface area contributed by atoms with E-state index in [1.807, 2.05) is 6.07 Å². The second kappa shape index (κ2) is 7.33. The van der Waals surface area contributed by atoms with E-state index < -0.39 is 0 Å². The van der Waals surface area contributed by atoms with Gasteiger partial charge >= 0.3 is 0 Å². The molecule has 1 saturated carbocycles. The van der Waals surface area contributed by atoms with Crippen LogP contribution in [0.1, 0.15) is 41.8 Å². The van der Waals surface area contributed by atoms with E-state index in [-0.39, 0.29) is 11.9 Å². The monoisotopic (exact) mass is 438 g/mol. The van der Waals surface area contributed by atoms with Gasteiger partial charge in [0.05, 0.1) is 19.7 Å². The second-order valence-corrected chi connectivity index (χ2v) is 8.68. The molecule has 0 aromatic carbocycles. The maximum atomic E-state index is 12.3. The first-order chi connectivity index (χ1) is 9.49. The van der Waals surface area contributed by atoms with Crippen LogP contribution < -0.4 is 11.1 Å². The number of thiocarbonyl (C=S) groups is 1. The summed E-state index contributed by atoms with van der Waals surface area (Å²) >= 11 is 13.3. The van der Waals surface area contributed by atoms with Gasteiger partial charge in [-0.15, -0.1) is 11.3 Å². The van der Waals surface area contributed by atoms with Crippen molar-refractivity contribution >= 4 is 66.3 Å². The fourth-order valence-electron chi connectivity index (χ4n) is 2.56. The Hall–Kier alpha value is 0.0200. The van der Waals surface area contributed by atoms with Gasteiger partial charge in [0.2, 0.25) is 0 Å². The van der Waals surface area contributed by atoms with Gasteiger partial charge in [0.1, 0.15) is 0 Å². The van der Waals surface area contributed by atoms with E-state index in [1.165, 1.54) is 30.6 Å². The van der Waals surface area contributed by atoms with E-state index >= 15 is 0 Å². The van der Waals surface area contributed by atoms with Gasteiger partial charge in [-0.25, -0.2) is 0 Å². The third-order valence-electron chi connectivity index (χ3n) is 3.58. The molecule has 1 aliphatic carbocycles. The van der Waals surface area contributed by atoms with E-state index in [0.717, 1.165) is 21.1 Å². The third kappa shape index (κ3) is 4.02. The second-order valence-electron chi connectivity index (χ2n) is 4.98. The Morgan fingerprint density at radius 1 is 1.40 bits per heavy atom. The summed E-state index contributed by atoms with van der Waals surface area (Å²) in [5, 5.41) is 3.01. The summed E-state index contributed by atoms with van der Waals surface area (Å²) in [6, 6.07) is 1.61. The van der Waals surface area contributed by atoms with Crippen LogP contribution in [0.4, 0.5) is 0 Å². The van der Waals surface area contributed by atoms with Gasteiger partial charge in [-0.1, -0.05) is 31.5 Å². The molecule has 1 fully saturated rings.